The highest BCUT2D eigenvalue weighted by molar-refractivity contribution is 5.14. The lowest BCUT2D eigenvalue weighted by Crippen LogP contribution is -2.22. The Bertz CT molecular complexity index is 185. The zero-order chi connectivity index (χ0) is 7.90. The summed E-state index contributed by atoms with van der Waals surface area (Å²) in [6, 6.07) is 0. The number of aliphatic hydroxyl groups excluding tert-OH is 1. The van der Waals surface area contributed by atoms with E-state index in [1.807, 2.05) is 0 Å². The van der Waals surface area contributed by atoms with Gasteiger partial charge in [0.2, 0.25) is 0 Å². The molecule has 0 saturated heterocycles. The third-order valence-electron chi connectivity index (χ3n) is 3.48. The summed E-state index contributed by atoms with van der Waals surface area (Å²) >= 11 is 0. The summed E-state index contributed by atoms with van der Waals surface area (Å²) in [6.07, 6.45) is 8.33. The Kier molecular flexibility index (Phi) is 1.57. The molecule has 11 heavy (non-hydrogen) atoms. The van der Waals surface area contributed by atoms with E-state index in [0.29, 0.717) is 12.0 Å². The van der Waals surface area contributed by atoms with Crippen LogP contribution in [0.3, 0.4) is 0 Å². The van der Waals surface area contributed by atoms with Crippen LogP contribution in [0.15, 0.2) is 12.2 Å². The molecule has 0 radical (unpaired) electrons. The van der Waals surface area contributed by atoms with Crippen LogP contribution in [-0.2, 0) is 0 Å². The van der Waals surface area contributed by atoms with Gasteiger partial charge in [-0.1, -0.05) is 19.1 Å². The van der Waals surface area contributed by atoms with Crippen LogP contribution in [0.25, 0.3) is 0 Å². The number of aliphatic hydroxyl groups is 1. The second kappa shape index (κ2) is 2.34. The Hall–Kier alpha value is -0.300. The minimum absolute atomic E-state index is 0.355. The van der Waals surface area contributed by atoms with Crippen molar-refractivity contribution in [1.29, 1.82) is 0 Å². The molecular weight excluding hydrogens is 136 g/mol. The molecule has 1 saturated carbocycles. The van der Waals surface area contributed by atoms with Gasteiger partial charge in [-0.2, -0.15) is 0 Å². The summed E-state index contributed by atoms with van der Waals surface area (Å²) in [5, 5.41) is 8.90. The summed E-state index contributed by atoms with van der Waals surface area (Å²) in [5.41, 5.74) is 0.425. The van der Waals surface area contributed by atoms with E-state index in [2.05, 4.69) is 19.1 Å². The van der Waals surface area contributed by atoms with Crippen LogP contribution in [0.2, 0.25) is 0 Å². The molecule has 0 aromatic rings. The summed E-state index contributed by atoms with van der Waals surface area (Å²) in [6.45, 7) is 2.67. The van der Waals surface area contributed by atoms with Crippen LogP contribution in [0.5, 0.6) is 0 Å². The predicted molar refractivity (Wildman–Crippen MR) is 45.2 cm³/mol. The number of allylic oxidation sites excluding steroid dienone is 2. The summed E-state index contributed by atoms with van der Waals surface area (Å²) in [4.78, 5) is 0. The summed E-state index contributed by atoms with van der Waals surface area (Å²) < 4.78 is 0. The highest BCUT2D eigenvalue weighted by Crippen LogP contribution is 2.53. The lowest BCUT2D eigenvalue weighted by molar-refractivity contribution is 0.169. The monoisotopic (exact) mass is 152 g/mol. The molecular formula is C10H16O. The highest BCUT2D eigenvalue weighted by Gasteiger charge is 2.44. The number of rotatable bonds is 2. The van der Waals surface area contributed by atoms with Gasteiger partial charge in [0.15, 0.2) is 0 Å². The van der Waals surface area contributed by atoms with Crippen molar-refractivity contribution < 1.29 is 5.11 Å². The van der Waals surface area contributed by atoms with Crippen molar-refractivity contribution in [2.45, 2.75) is 26.2 Å². The molecule has 3 atom stereocenters. The smallest absolute Gasteiger partial charge is 0.0436 e. The van der Waals surface area contributed by atoms with E-state index < -0.39 is 0 Å². The van der Waals surface area contributed by atoms with Crippen molar-refractivity contribution >= 4 is 0 Å². The van der Waals surface area contributed by atoms with Crippen molar-refractivity contribution in [1.82, 2.24) is 0 Å². The first-order chi connectivity index (χ1) is 5.24. The van der Waals surface area contributed by atoms with E-state index in [1.165, 1.54) is 12.8 Å². The van der Waals surface area contributed by atoms with Gasteiger partial charge in [0.05, 0.1) is 0 Å². The normalized spacial score (nSPS) is 47.1. The fraction of sp³-hybridized carbons (Fsp3) is 0.800. The van der Waals surface area contributed by atoms with Crippen LogP contribution < -0.4 is 0 Å². The molecule has 0 aromatic heterocycles. The van der Waals surface area contributed by atoms with Crippen molar-refractivity contribution in [3.8, 4) is 0 Å². The van der Waals surface area contributed by atoms with E-state index in [-0.39, 0.29) is 0 Å². The van der Waals surface area contributed by atoms with E-state index >= 15 is 0 Å². The van der Waals surface area contributed by atoms with Gasteiger partial charge in [-0.15, -0.1) is 0 Å². The van der Waals surface area contributed by atoms with Gasteiger partial charge >= 0.3 is 0 Å². The molecule has 0 spiro atoms. The zero-order valence-corrected chi connectivity index (χ0v) is 7.09. The molecule has 2 bridgehead atoms. The second-order valence-corrected chi connectivity index (χ2v) is 4.32. The summed E-state index contributed by atoms with van der Waals surface area (Å²) in [7, 11) is 0. The minimum Gasteiger partial charge on any atom is -0.396 e. The van der Waals surface area contributed by atoms with Crippen LogP contribution in [0.1, 0.15) is 26.2 Å². The maximum Gasteiger partial charge on any atom is 0.0436 e. The van der Waals surface area contributed by atoms with Crippen LogP contribution >= 0.6 is 0 Å². The average molecular weight is 152 g/mol. The lowest BCUT2D eigenvalue weighted by Gasteiger charge is -2.30. The van der Waals surface area contributed by atoms with E-state index in [4.69, 9.17) is 5.11 Å². The van der Waals surface area contributed by atoms with Crippen molar-refractivity contribution in [2.24, 2.45) is 17.3 Å². The zero-order valence-electron chi connectivity index (χ0n) is 7.09. The molecule has 2 rings (SSSR count). The first-order valence-corrected chi connectivity index (χ1v) is 4.54. The molecule has 2 aliphatic rings. The molecule has 2 aliphatic carbocycles. The lowest BCUT2D eigenvalue weighted by atomic mass is 9.75. The fourth-order valence-corrected chi connectivity index (χ4v) is 2.74. The minimum atomic E-state index is 0.355. The average Bonchev–Trinajstić information content (AvgIpc) is 2.45. The van der Waals surface area contributed by atoms with E-state index in [0.717, 1.165) is 18.3 Å². The Balaban J connectivity index is 2.11. The first-order valence-electron chi connectivity index (χ1n) is 4.54. The molecule has 0 aliphatic heterocycles. The quantitative estimate of drug-likeness (QED) is 0.600. The Morgan fingerprint density at radius 2 is 2.36 bits per heavy atom. The van der Waals surface area contributed by atoms with Gasteiger partial charge < -0.3 is 5.11 Å². The van der Waals surface area contributed by atoms with E-state index in [9.17, 15) is 0 Å². The molecule has 0 amide bonds. The number of hydrogen-bond donors (Lipinski definition) is 1. The Labute approximate surface area is 68.1 Å². The topological polar surface area (TPSA) is 20.2 Å². The van der Waals surface area contributed by atoms with Crippen molar-refractivity contribution in [2.75, 3.05) is 6.61 Å². The standard InChI is InChI=1S/C10H16O/c1-10(4-5-11)7-8-2-3-9(10)6-8/h2-3,8-9,11H,4-7H2,1H3. The molecule has 1 nitrogen and oxygen atoms in total. The fourth-order valence-electron chi connectivity index (χ4n) is 2.74. The maximum absolute atomic E-state index is 8.90. The molecule has 0 aromatic carbocycles. The van der Waals surface area contributed by atoms with Gasteiger partial charge in [-0.25, -0.2) is 0 Å². The highest BCUT2D eigenvalue weighted by atomic mass is 16.3. The van der Waals surface area contributed by atoms with Crippen LogP contribution in [-0.4, -0.2) is 11.7 Å². The van der Waals surface area contributed by atoms with Gasteiger partial charge in [0, 0.05) is 6.61 Å². The molecule has 1 heteroatoms. The van der Waals surface area contributed by atoms with Gasteiger partial charge in [0.1, 0.15) is 0 Å². The predicted octanol–water partition coefficient (Wildman–Crippen LogP) is 1.97. The van der Waals surface area contributed by atoms with Crippen LogP contribution in [0, 0.1) is 17.3 Å². The van der Waals surface area contributed by atoms with Gasteiger partial charge in [0.25, 0.3) is 0 Å². The van der Waals surface area contributed by atoms with Gasteiger partial charge in [-0.05, 0) is 36.5 Å². The number of hydrogen-bond acceptors (Lipinski definition) is 1. The SMILES string of the molecule is CC1(CCO)CC2C=CC1C2. The molecule has 0 heterocycles. The van der Waals surface area contributed by atoms with Crippen molar-refractivity contribution in [3.63, 3.8) is 0 Å². The van der Waals surface area contributed by atoms with Crippen LogP contribution in [0.4, 0.5) is 0 Å². The molecule has 62 valence electrons. The van der Waals surface area contributed by atoms with E-state index in [1.54, 1.807) is 0 Å². The van der Waals surface area contributed by atoms with Crippen molar-refractivity contribution in [3.05, 3.63) is 12.2 Å². The third kappa shape index (κ3) is 1.02. The number of fused-ring (bicyclic) bond motifs is 2. The maximum atomic E-state index is 8.90. The Morgan fingerprint density at radius 1 is 1.55 bits per heavy atom. The summed E-state index contributed by atoms with van der Waals surface area (Å²) in [5.74, 6) is 1.59. The van der Waals surface area contributed by atoms with Gasteiger partial charge in [-0.3, -0.25) is 0 Å². The second-order valence-electron chi connectivity index (χ2n) is 4.32. The molecule has 1 N–H and O–H groups in total. The first kappa shape index (κ1) is 7.35. The largest absolute Gasteiger partial charge is 0.396 e. The molecule has 1 fully saturated rings. The molecule has 3 unspecified atom stereocenters. The third-order valence-corrected chi connectivity index (χ3v) is 3.48. The Morgan fingerprint density at radius 3 is 2.82 bits per heavy atom.